The number of β-lactam (4-membered cyclic amide) rings is 1. The maximum atomic E-state index is 13.0. The Hall–Kier alpha value is -0.743. The molecule has 9 heteroatoms. The van der Waals surface area contributed by atoms with Crippen LogP contribution in [-0.4, -0.2) is 60.6 Å². The minimum atomic E-state index is -2.02. The number of rotatable bonds is 9. The van der Waals surface area contributed by atoms with E-state index < -0.39 is 14.3 Å². The number of esters is 1. The highest BCUT2D eigenvalue weighted by atomic mass is 32.2. The predicted molar refractivity (Wildman–Crippen MR) is 117 cm³/mol. The van der Waals surface area contributed by atoms with Crippen LogP contribution in [0.1, 0.15) is 27.7 Å². The first-order valence-electron chi connectivity index (χ1n) is 9.39. The summed E-state index contributed by atoms with van der Waals surface area (Å²) in [6, 6.07) is 0. The first-order valence-corrected chi connectivity index (χ1v) is 14.2. The third kappa shape index (κ3) is 4.53. The fraction of sp³-hybridized carbons (Fsp3) is 0.684. The van der Waals surface area contributed by atoms with Crippen LogP contribution in [0.4, 0.5) is 0 Å². The number of carbonyl (C=O) groups is 2. The second-order valence-corrected chi connectivity index (χ2v) is 15.7. The summed E-state index contributed by atoms with van der Waals surface area (Å²) in [5.74, 6) is -0.474. The van der Waals surface area contributed by atoms with Crippen molar-refractivity contribution in [2.75, 3.05) is 19.0 Å². The van der Waals surface area contributed by atoms with E-state index in [0.717, 1.165) is 4.24 Å². The Morgan fingerprint density at radius 3 is 2.64 bits per heavy atom. The van der Waals surface area contributed by atoms with Gasteiger partial charge in [0.05, 0.1) is 22.9 Å². The summed E-state index contributed by atoms with van der Waals surface area (Å²) >= 11 is 2.86. The van der Waals surface area contributed by atoms with Crippen molar-refractivity contribution in [2.45, 2.75) is 57.3 Å². The highest BCUT2D eigenvalue weighted by molar-refractivity contribution is 8.22. The maximum absolute atomic E-state index is 13.0. The van der Waals surface area contributed by atoms with Gasteiger partial charge in [-0.2, -0.15) is 0 Å². The molecule has 2 rings (SSSR count). The van der Waals surface area contributed by atoms with Crippen LogP contribution in [0.15, 0.2) is 22.6 Å². The molecule has 0 saturated carbocycles. The number of aliphatic hydroxyl groups excluding tert-OH is 1. The fourth-order valence-electron chi connectivity index (χ4n) is 2.89. The topological polar surface area (TPSA) is 76.1 Å². The Morgan fingerprint density at radius 2 is 2.11 bits per heavy atom. The molecule has 0 aromatic rings. The predicted octanol–water partition coefficient (Wildman–Crippen LogP) is 3.55. The van der Waals surface area contributed by atoms with Crippen molar-refractivity contribution in [3.63, 3.8) is 0 Å². The average Bonchev–Trinajstić information content (AvgIpc) is 2.90. The molecule has 0 unspecified atom stereocenters. The minimum absolute atomic E-state index is 0.00333. The van der Waals surface area contributed by atoms with E-state index >= 15 is 0 Å². The van der Waals surface area contributed by atoms with Crippen LogP contribution in [0.25, 0.3) is 0 Å². The highest BCUT2D eigenvalue weighted by Crippen LogP contribution is 2.54. The van der Waals surface area contributed by atoms with E-state index in [4.69, 9.17) is 14.3 Å². The van der Waals surface area contributed by atoms with Gasteiger partial charge >= 0.3 is 5.97 Å². The van der Waals surface area contributed by atoms with Crippen LogP contribution in [0, 0.1) is 5.92 Å². The number of aliphatic hydroxyl groups is 1. The number of amides is 1. The minimum Gasteiger partial charge on any atom is -0.457 e. The van der Waals surface area contributed by atoms with E-state index in [2.05, 4.69) is 40.4 Å². The number of thioether (sulfide) groups is 2. The molecule has 6 nitrogen and oxygen atoms in total. The second-order valence-electron chi connectivity index (χ2n) is 8.42. The summed E-state index contributed by atoms with van der Waals surface area (Å²) in [5, 5.41) is 9.04. The van der Waals surface area contributed by atoms with Crippen LogP contribution in [0.3, 0.4) is 0 Å². The number of fused-ring (bicyclic) bond motifs is 1. The summed E-state index contributed by atoms with van der Waals surface area (Å²) in [6.07, 6.45) is 1.27. The number of nitrogens with zero attached hydrogens (tertiary/aromatic N) is 1. The molecular weight excluding hydrogens is 414 g/mol. The fourth-order valence-corrected chi connectivity index (χ4v) is 7.04. The summed E-state index contributed by atoms with van der Waals surface area (Å²) in [6.45, 7) is 16.4. The number of carbonyl (C=O) groups excluding carboxylic acids is 2. The molecule has 1 fully saturated rings. The number of hydrogen-bond acceptors (Lipinski definition) is 7. The molecular formula is C19H31NO5S2Si. The number of ether oxygens (including phenoxy) is 1. The van der Waals surface area contributed by atoms with Gasteiger partial charge in [-0.1, -0.05) is 45.2 Å². The summed E-state index contributed by atoms with van der Waals surface area (Å²) in [7, 11) is -2.02. The van der Waals surface area contributed by atoms with Crippen LogP contribution in [0.2, 0.25) is 18.1 Å². The Kier molecular flexibility index (Phi) is 7.52. The lowest BCUT2D eigenvalue weighted by molar-refractivity contribution is -0.157. The Labute approximate surface area is 177 Å². The molecule has 1 amide bonds. The van der Waals surface area contributed by atoms with Crippen molar-refractivity contribution in [3.8, 4) is 0 Å². The van der Waals surface area contributed by atoms with Crippen molar-refractivity contribution >= 4 is 43.7 Å². The van der Waals surface area contributed by atoms with Crippen molar-refractivity contribution in [2.24, 2.45) is 5.92 Å². The molecule has 0 spiro atoms. The molecule has 1 saturated heterocycles. The molecule has 0 bridgehead atoms. The zero-order valence-corrected chi connectivity index (χ0v) is 20.1. The van der Waals surface area contributed by atoms with Gasteiger partial charge in [-0.15, -0.1) is 11.8 Å². The maximum Gasteiger partial charge on any atom is 0.357 e. The Bertz CT molecular complexity index is 674. The van der Waals surface area contributed by atoms with E-state index in [0.29, 0.717) is 5.75 Å². The van der Waals surface area contributed by atoms with Gasteiger partial charge in [-0.25, -0.2) is 4.79 Å². The normalized spacial score (nSPS) is 23.4. The van der Waals surface area contributed by atoms with Crippen molar-refractivity contribution < 1.29 is 23.9 Å². The van der Waals surface area contributed by atoms with Gasteiger partial charge in [0.2, 0.25) is 5.91 Å². The highest BCUT2D eigenvalue weighted by Gasteiger charge is 2.59. The van der Waals surface area contributed by atoms with Gasteiger partial charge in [0.25, 0.3) is 0 Å². The zero-order chi connectivity index (χ0) is 21.3. The molecule has 2 heterocycles. The van der Waals surface area contributed by atoms with Crippen molar-refractivity contribution in [3.05, 3.63) is 22.6 Å². The van der Waals surface area contributed by atoms with E-state index in [9.17, 15) is 9.59 Å². The first-order chi connectivity index (χ1) is 13.0. The van der Waals surface area contributed by atoms with Gasteiger partial charge in [0, 0.05) is 5.75 Å². The molecule has 0 radical (unpaired) electrons. The molecule has 0 aromatic heterocycles. The van der Waals surface area contributed by atoms with E-state index in [1.165, 1.54) is 34.5 Å². The summed E-state index contributed by atoms with van der Waals surface area (Å²) in [4.78, 5) is 27.0. The standard InChI is InChI=1S/C19H31NO5S2Si/c1-8-10-24-17(23)14-18(26-11-9-21)27-16-13(15(22)20(14)16)12(2)25-28(6,7)19(3,4)5/h8,12-13,16,21H,1,9-11H2,2-7H3/t12-,13-,16-/m1/s1. The van der Waals surface area contributed by atoms with Gasteiger partial charge in [0.15, 0.2) is 14.0 Å². The lowest BCUT2D eigenvalue weighted by atomic mass is 9.92. The molecule has 1 N–H and O–H groups in total. The molecule has 3 atom stereocenters. The Morgan fingerprint density at radius 1 is 1.46 bits per heavy atom. The SMILES string of the molecule is C=CCOC(=O)C1=C(SCCO)S[C@@H]2[C@H]([C@@H](C)O[Si](C)(C)C(C)(C)C)C(=O)N12. The molecule has 2 aliphatic heterocycles. The van der Waals surface area contributed by atoms with Crippen LogP contribution in [-0.2, 0) is 18.8 Å². The monoisotopic (exact) mass is 445 g/mol. The Balaban J connectivity index is 2.18. The van der Waals surface area contributed by atoms with Crippen LogP contribution >= 0.6 is 23.5 Å². The van der Waals surface area contributed by atoms with E-state index in [-0.39, 0.29) is 47.3 Å². The lowest BCUT2D eigenvalue weighted by Crippen LogP contribution is -2.62. The summed E-state index contributed by atoms with van der Waals surface area (Å²) in [5.41, 5.74) is 0.288. The third-order valence-corrected chi connectivity index (χ3v) is 12.6. The third-order valence-electron chi connectivity index (χ3n) is 5.39. The smallest absolute Gasteiger partial charge is 0.357 e. The van der Waals surface area contributed by atoms with Crippen molar-refractivity contribution in [1.82, 2.24) is 4.90 Å². The number of hydrogen-bond donors (Lipinski definition) is 1. The summed E-state index contributed by atoms with van der Waals surface area (Å²) < 4.78 is 12.4. The van der Waals surface area contributed by atoms with Crippen molar-refractivity contribution in [1.29, 1.82) is 0 Å². The molecule has 2 aliphatic rings. The van der Waals surface area contributed by atoms with Gasteiger partial charge in [-0.3, -0.25) is 9.69 Å². The molecule has 0 aromatic carbocycles. The second kappa shape index (κ2) is 8.95. The van der Waals surface area contributed by atoms with Gasteiger partial charge in [-0.05, 0) is 25.1 Å². The molecule has 0 aliphatic carbocycles. The first kappa shape index (κ1) is 23.5. The average molecular weight is 446 g/mol. The van der Waals surface area contributed by atoms with E-state index in [1.54, 1.807) is 0 Å². The van der Waals surface area contributed by atoms with Crippen LogP contribution < -0.4 is 0 Å². The quantitative estimate of drug-likeness (QED) is 0.252. The molecule has 158 valence electrons. The van der Waals surface area contributed by atoms with Crippen LogP contribution in [0.5, 0.6) is 0 Å². The zero-order valence-electron chi connectivity index (χ0n) is 17.5. The van der Waals surface area contributed by atoms with Gasteiger partial charge in [0.1, 0.15) is 12.0 Å². The van der Waals surface area contributed by atoms with E-state index in [1.807, 2.05) is 6.92 Å². The molecule has 28 heavy (non-hydrogen) atoms. The lowest BCUT2D eigenvalue weighted by Gasteiger charge is -2.48. The largest absolute Gasteiger partial charge is 0.457 e. The van der Waals surface area contributed by atoms with Gasteiger partial charge < -0.3 is 14.3 Å².